The summed E-state index contributed by atoms with van der Waals surface area (Å²) in [4.78, 5) is 11.1. The molecule has 0 saturated heterocycles. The topological polar surface area (TPSA) is 71.5 Å². The molecule has 0 aromatic carbocycles. The number of rotatable bonds is 6. The highest BCUT2D eigenvalue weighted by Crippen LogP contribution is 2.25. The van der Waals surface area contributed by atoms with Gasteiger partial charge in [-0.05, 0) is 18.5 Å². The molecule has 6 heteroatoms. The van der Waals surface area contributed by atoms with Crippen molar-refractivity contribution < 1.29 is 14.6 Å². The van der Waals surface area contributed by atoms with Crippen molar-refractivity contribution in [3.05, 3.63) is 23.4 Å². The van der Waals surface area contributed by atoms with E-state index in [0.29, 0.717) is 17.2 Å². The van der Waals surface area contributed by atoms with Crippen LogP contribution < -0.4 is 5.32 Å². The average molecular weight is 242 g/mol. The molecule has 0 unspecified atom stereocenters. The molecule has 0 atom stereocenters. The molecule has 1 aromatic heterocycles. The zero-order valence-corrected chi connectivity index (χ0v) is 10.1. The molecule has 0 spiro atoms. The lowest BCUT2D eigenvalue weighted by Crippen LogP contribution is -2.07. The monoisotopic (exact) mass is 242 g/mol. The Labute approximate surface area is 97.9 Å². The zero-order chi connectivity index (χ0) is 12.1. The number of ether oxygens (including phenoxy) is 1. The van der Waals surface area contributed by atoms with Crippen molar-refractivity contribution in [1.29, 1.82) is 0 Å². The van der Waals surface area contributed by atoms with E-state index in [0.717, 1.165) is 17.1 Å². The summed E-state index contributed by atoms with van der Waals surface area (Å²) in [6.07, 6.45) is 0. The standard InChI is InChI=1S/C10H14N2O3S/c1-6(2)4-11-9-8(10(13)14)7(5-15-3)12-16-9/h11H,1,4-5H2,2-3H3,(H,13,14). The number of nitrogens with zero attached hydrogens (tertiary/aromatic N) is 1. The normalized spacial score (nSPS) is 10.1. The van der Waals surface area contributed by atoms with Crippen molar-refractivity contribution in [2.75, 3.05) is 19.0 Å². The number of carboxylic acid groups (broad SMARTS) is 1. The summed E-state index contributed by atoms with van der Waals surface area (Å²) < 4.78 is 8.94. The number of hydrogen-bond acceptors (Lipinski definition) is 5. The number of anilines is 1. The fourth-order valence-electron chi connectivity index (χ4n) is 1.13. The van der Waals surface area contributed by atoms with Gasteiger partial charge in [-0.25, -0.2) is 4.79 Å². The van der Waals surface area contributed by atoms with Crippen molar-refractivity contribution in [2.45, 2.75) is 13.5 Å². The minimum Gasteiger partial charge on any atom is -0.478 e. The van der Waals surface area contributed by atoms with Crippen LogP contribution in [0.5, 0.6) is 0 Å². The van der Waals surface area contributed by atoms with E-state index in [1.165, 1.54) is 7.11 Å². The van der Waals surface area contributed by atoms with Crippen LogP contribution >= 0.6 is 11.5 Å². The second-order valence-corrected chi connectivity index (χ2v) is 4.16. The van der Waals surface area contributed by atoms with Crippen LogP contribution in [0.3, 0.4) is 0 Å². The molecule has 2 N–H and O–H groups in total. The van der Waals surface area contributed by atoms with Crippen molar-refractivity contribution in [2.24, 2.45) is 0 Å². The molecule has 0 fully saturated rings. The number of methoxy groups -OCH3 is 1. The first-order valence-electron chi connectivity index (χ1n) is 4.65. The first-order valence-corrected chi connectivity index (χ1v) is 5.42. The molecule has 1 heterocycles. The molecule has 0 amide bonds. The van der Waals surface area contributed by atoms with Crippen molar-refractivity contribution >= 4 is 22.5 Å². The molecule has 0 radical (unpaired) electrons. The molecule has 5 nitrogen and oxygen atoms in total. The number of carboxylic acids is 1. The quantitative estimate of drug-likeness (QED) is 0.746. The number of carbonyl (C=O) groups is 1. The van der Waals surface area contributed by atoms with Gasteiger partial charge in [0.2, 0.25) is 0 Å². The predicted octanol–water partition coefficient (Wildman–Crippen LogP) is 1.98. The molecule has 0 saturated carbocycles. The van der Waals surface area contributed by atoms with Crippen molar-refractivity contribution in [3.63, 3.8) is 0 Å². The van der Waals surface area contributed by atoms with Crippen LogP contribution in [-0.4, -0.2) is 29.1 Å². The zero-order valence-electron chi connectivity index (χ0n) is 9.24. The van der Waals surface area contributed by atoms with Gasteiger partial charge < -0.3 is 15.2 Å². The molecule has 0 bridgehead atoms. The van der Waals surface area contributed by atoms with Gasteiger partial charge in [0.1, 0.15) is 10.6 Å². The van der Waals surface area contributed by atoms with Gasteiger partial charge in [-0.2, -0.15) is 4.37 Å². The van der Waals surface area contributed by atoms with E-state index in [1.807, 2.05) is 6.92 Å². The SMILES string of the molecule is C=C(C)CNc1snc(COC)c1C(=O)O. The number of aromatic nitrogens is 1. The average Bonchev–Trinajstić information content (AvgIpc) is 2.58. The summed E-state index contributed by atoms with van der Waals surface area (Å²) >= 11 is 1.12. The Balaban J connectivity index is 2.91. The van der Waals surface area contributed by atoms with Crippen LogP contribution in [-0.2, 0) is 11.3 Å². The Morgan fingerprint density at radius 1 is 1.69 bits per heavy atom. The minimum absolute atomic E-state index is 0.188. The Hall–Kier alpha value is -1.40. The molecule has 1 rings (SSSR count). The molecular weight excluding hydrogens is 228 g/mol. The largest absolute Gasteiger partial charge is 0.478 e. The van der Waals surface area contributed by atoms with E-state index in [2.05, 4.69) is 16.3 Å². The third kappa shape index (κ3) is 3.04. The molecule has 0 aliphatic heterocycles. The second-order valence-electron chi connectivity index (χ2n) is 3.38. The van der Waals surface area contributed by atoms with Crippen LogP contribution in [0, 0.1) is 0 Å². The van der Waals surface area contributed by atoms with Crippen LogP contribution in [0.2, 0.25) is 0 Å². The van der Waals surface area contributed by atoms with E-state index in [1.54, 1.807) is 0 Å². The molecule has 0 aliphatic carbocycles. The second kappa shape index (κ2) is 5.62. The van der Waals surface area contributed by atoms with E-state index in [4.69, 9.17) is 9.84 Å². The fraction of sp³-hybridized carbons (Fsp3) is 0.400. The van der Waals surface area contributed by atoms with E-state index >= 15 is 0 Å². The van der Waals surface area contributed by atoms with E-state index in [9.17, 15) is 4.79 Å². The third-order valence-electron chi connectivity index (χ3n) is 1.81. The lowest BCUT2D eigenvalue weighted by atomic mass is 10.2. The van der Waals surface area contributed by atoms with Gasteiger partial charge in [0, 0.05) is 13.7 Å². The summed E-state index contributed by atoms with van der Waals surface area (Å²) in [6.45, 7) is 6.34. The van der Waals surface area contributed by atoms with Gasteiger partial charge in [-0.1, -0.05) is 12.2 Å². The summed E-state index contributed by atoms with van der Waals surface area (Å²) in [5.41, 5.74) is 1.57. The first-order chi connectivity index (χ1) is 7.56. The Morgan fingerprint density at radius 2 is 2.38 bits per heavy atom. The van der Waals surface area contributed by atoms with Gasteiger partial charge in [-0.15, -0.1) is 0 Å². The minimum atomic E-state index is -0.995. The highest BCUT2D eigenvalue weighted by Gasteiger charge is 2.19. The van der Waals surface area contributed by atoms with Crippen LogP contribution in [0.4, 0.5) is 5.00 Å². The molecule has 88 valence electrons. The maximum absolute atomic E-state index is 11.1. The highest BCUT2D eigenvalue weighted by molar-refractivity contribution is 7.10. The summed E-state index contributed by atoms with van der Waals surface area (Å²) in [5.74, 6) is -0.995. The lowest BCUT2D eigenvalue weighted by Gasteiger charge is -2.04. The maximum Gasteiger partial charge on any atom is 0.340 e. The number of hydrogen-bond donors (Lipinski definition) is 2. The van der Waals surface area contributed by atoms with E-state index in [-0.39, 0.29) is 12.2 Å². The highest BCUT2D eigenvalue weighted by atomic mass is 32.1. The predicted molar refractivity (Wildman–Crippen MR) is 63.1 cm³/mol. The van der Waals surface area contributed by atoms with Gasteiger partial charge in [-0.3, -0.25) is 0 Å². The van der Waals surface area contributed by atoms with Gasteiger partial charge in [0.05, 0.1) is 12.3 Å². The summed E-state index contributed by atoms with van der Waals surface area (Å²) in [6, 6.07) is 0. The van der Waals surface area contributed by atoms with Gasteiger partial charge in [0.15, 0.2) is 0 Å². The van der Waals surface area contributed by atoms with Crippen molar-refractivity contribution in [1.82, 2.24) is 4.37 Å². The summed E-state index contributed by atoms with van der Waals surface area (Å²) in [5, 5.41) is 12.6. The summed E-state index contributed by atoms with van der Waals surface area (Å²) in [7, 11) is 1.51. The van der Waals surface area contributed by atoms with Crippen LogP contribution in [0.1, 0.15) is 23.0 Å². The van der Waals surface area contributed by atoms with Crippen molar-refractivity contribution in [3.8, 4) is 0 Å². The smallest absolute Gasteiger partial charge is 0.340 e. The van der Waals surface area contributed by atoms with Gasteiger partial charge >= 0.3 is 5.97 Å². The number of nitrogens with one attached hydrogen (secondary N) is 1. The molecule has 16 heavy (non-hydrogen) atoms. The molecule has 1 aromatic rings. The van der Waals surface area contributed by atoms with Gasteiger partial charge in [0.25, 0.3) is 0 Å². The first kappa shape index (κ1) is 12.7. The van der Waals surface area contributed by atoms with Crippen LogP contribution in [0.25, 0.3) is 0 Å². The van der Waals surface area contributed by atoms with E-state index < -0.39 is 5.97 Å². The Kier molecular flexibility index (Phi) is 4.45. The maximum atomic E-state index is 11.1. The Bertz CT molecular complexity index is 401. The fourth-order valence-corrected chi connectivity index (χ4v) is 1.91. The van der Waals surface area contributed by atoms with Crippen LogP contribution in [0.15, 0.2) is 12.2 Å². The molecular formula is C10H14N2O3S. The molecule has 0 aliphatic rings. The third-order valence-corrected chi connectivity index (χ3v) is 2.65. The number of aromatic carboxylic acids is 1. The Morgan fingerprint density at radius 3 is 2.88 bits per heavy atom. The lowest BCUT2D eigenvalue weighted by molar-refractivity contribution is 0.0693.